The quantitative estimate of drug-likeness (QED) is 0.321. The van der Waals surface area contributed by atoms with E-state index in [1.165, 1.54) is 33.3 Å². The number of nitrogens with zero attached hydrogens (tertiary/aromatic N) is 2. The summed E-state index contributed by atoms with van der Waals surface area (Å²) in [4.78, 5) is 0.399. The van der Waals surface area contributed by atoms with Crippen molar-refractivity contribution in [2.24, 2.45) is 0 Å². The van der Waals surface area contributed by atoms with Crippen molar-refractivity contribution in [1.82, 2.24) is 8.87 Å². The third-order valence-corrected chi connectivity index (χ3v) is 9.17. The second kappa shape index (κ2) is 9.60. The van der Waals surface area contributed by atoms with Gasteiger partial charge in [-0.25, -0.2) is 8.42 Å². The fourth-order valence-corrected chi connectivity index (χ4v) is 6.90. The average Bonchev–Trinajstić information content (AvgIpc) is 3.15. The molecule has 6 heteroatoms. The summed E-state index contributed by atoms with van der Waals surface area (Å²) in [6, 6.07) is 22.2. The standard InChI is InChI=1S/C30H32N2O3S/c1-21-12-13-29(22(2)18-21)36(33,34)31-16-14-25(15-17-31)30-23(3)32(28-11-6-5-10-27(28)30)20-24-8-7-9-26(19-24)35-4/h5-14,18-19H,15-17,20H2,1-4H3. The molecule has 0 saturated carbocycles. The third-order valence-electron chi connectivity index (χ3n) is 7.15. The van der Waals surface area contributed by atoms with Crippen LogP contribution in [-0.2, 0) is 16.6 Å². The number of hydrogen-bond donors (Lipinski definition) is 0. The molecular formula is C30H32N2O3S. The summed E-state index contributed by atoms with van der Waals surface area (Å²) in [7, 11) is -1.85. The lowest BCUT2D eigenvalue weighted by Crippen LogP contribution is -2.35. The minimum absolute atomic E-state index is 0.375. The Bertz CT molecular complexity index is 1580. The van der Waals surface area contributed by atoms with Gasteiger partial charge in [0.05, 0.1) is 12.0 Å². The molecule has 0 fully saturated rings. The molecule has 0 radical (unpaired) electrons. The Kier molecular flexibility index (Phi) is 6.49. The van der Waals surface area contributed by atoms with Crippen molar-refractivity contribution < 1.29 is 13.2 Å². The molecule has 0 bridgehead atoms. The molecule has 0 spiro atoms. The summed E-state index contributed by atoms with van der Waals surface area (Å²) in [5.74, 6) is 0.849. The van der Waals surface area contributed by atoms with E-state index in [0.29, 0.717) is 24.4 Å². The van der Waals surface area contributed by atoms with Crippen LogP contribution in [0.3, 0.4) is 0 Å². The first-order valence-electron chi connectivity index (χ1n) is 12.3. The molecule has 4 aromatic rings. The van der Waals surface area contributed by atoms with E-state index < -0.39 is 10.0 Å². The zero-order valence-electron chi connectivity index (χ0n) is 21.3. The normalized spacial score (nSPS) is 14.7. The predicted molar refractivity (Wildman–Crippen MR) is 146 cm³/mol. The highest BCUT2D eigenvalue weighted by atomic mass is 32.2. The van der Waals surface area contributed by atoms with Crippen LogP contribution in [0.2, 0.25) is 0 Å². The van der Waals surface area contributed by atoms with Gasteiger partial charge in [-0.1, -0.05) is 54.1 Å². The number of ether oxygens (including phenoxy) is 1. The summed E-state index contributed by atoms with van der Waals surface area (Å²) in [6.07, 6.45) is 2.77. The molecule has 5 nitrogen and oxygen atoms in total. The number of rotatable bonds is 6. The molecule has 186 valence electrons. The fourth-order valence-electron chi connectivity index (χ4n) is 5.32. The maximum atomic E-state index is 13.4. The van der Waals surface area contributed by atoms with Crippen molar-refractivity contribution in [1.29, 1.82) is 0 Å². The van der Waals surface area contributed by atoms with Crippen LogP contribution in [0.15, 0.2) is 77.7 Å². The topological polar surface area (TPSA) is 51.5 Å². The van der Waals surface area contributed by atoms with E-state index in [1.54, 1.807) is 17.5 Å². The molecule has 36 heavy (non-hydrogen) atoms. The van der Waals surface area contributed by atoms with Gasteiger partial charge in [-0.15, -0.1) is 0 Å². The van der Waals surface area contributed by atoms with Crippen LogP contribution in [0.1, 0.15) is 34.4 Å². The van der Waals surface area contributed by atoms with E-state index in [9.17, 15) is 8.42 Å². The fraction of sp³-hybridized carbons (Fsp3) is 0.267. The summed E-state index contributed by atoms with van der Waals surface area (Å²) in [6.45, 7) is 7.59. The van der Waals surface area contributed by atoms with Crippen LogP contribution >= 0.6 is 0 Å². The first-order valence-corrected chi connectivity index (χ1v) is 13.7. The van der Waals surface area contributed by atoms with Crippen LogP contribution < -0.4 is 4.74 Å². The number of sulfonamides is 1. The van der Waals surface area contributed by atoms with Gasteiger partial charge in [-0.05, 0) is 68.2 Å². The Morgan fingerprint density at radius 2 is 1.75 bits per heavy atom. The number of benzene rings is 3. The van der Waals surface area contributed by atoms with Gasteiger partial charge in [0.25, 0.3) is 0 Å². The van der Waals surface area contributed by atoms with Crippen molar-refractivity contribution in [3.8, 4) is 5.75 Å². The number of fused-ring (bicyclic) bond motifs is 1. The van der Waals surface area contributed by atoms with Crippen LogP contribution in [0.5, 0.6) is 5.75 Å². The summed E-state index contributed by atoms with van der Waals surface area (Å²) >= 11 is 0. The molecule has 1 aromatic heterocycles. The highest BCUT2D eigenvalue weighted by Gasteiger charge is 2.29. The SMILES string of the molecule is COc1cccc(Cn2c(C)c(C3=CCN(S(=O)(=O)c4ccc(C)cc4C)CC3)c3ccccc32)c1. The lowest BCUT2D eigenvalue weighted by atomic mass is 9.97. The van der Waals surface area contributed by atoms with Crippen molar-refractivity contribution >= 4 is 26.5 Å². The molecule has 0 aliphatic carbocycles. The molecule has 3 aromatic carbocycles. The Morgan fingerprint density at radius 1 is 0.944 bits per heavy atom. The summed E-state index contributed by atoms with van der Waals surface area (Å²) in [5.41, 5.74) is 7.83. The van der Waals surface area contributed by atoms with Crippen molar-refractivity contribution in [2.75, 3.05) is 20.2 Å². The average molecular weight is 501 g/mol. The first-order chi connectivity index (χ1) is 17.3. The number of hydrogen-bond acceptors (Lipinski definition) is 3. The maximum absolute atomic E-state index is 13.4. The molecule has 0 atom stereocenters. The van der Waals surface area contributed by atoms with E-state index in [1.807, 2.05) is 38.1 Å². The molecule has 0 amide bonds. The minimum atomic E-state index is -3.54. The van der Waals surface area contributed by atoms with E-state index >= 15 is 0 Å². The predicted octanol–water partition coefficient (Wildman–Crippen LogP) is 6.10. The molecule has 1 aliphatic heterocycles. The lowest BCUT2D eigenvalue weighted by Gasteiger charge is -2.27. The number of aryl methyl sites for hydroxylation is 2. The summed E-state index contributed by atoms with van der Waals surface area (Å²) < 4.78 is 36.1. The van der Waals surface area contributed by atoms with Crippen LogP contribution in [-0.4, -0.2) is 37.5 Å². The first kappa shape index (κ1) is 24.3. The second-order valence-corrected chi connectivity index (χ2v) is 11.4. The van der Waals surface area contributed by atoms with E-state index in [4.69, 9.17) is 4.74 Å². The highest BCUT2D eigenvalue weighted by Crippen LogP contribution is 2.36. The van der Waals surface area contributed by atoms with Crippen molar-refractivity contribution in [2.45, 2.75) is 38.6 Å². The Labute approximate surface area is 213 Å². The maximum Gasteiger partial charge on any atom is 0.243 e. The van der Waals surface area contributed by atoms with Gasteiger partial charge in [0, 0.05) is 41.8 Å². The van der Waals surface area contributed by atoms with Crippen LogP contribution in [0, 0.1) is 20.8 Å². The molecule has 5 rings (SSSR count). The molecule has 0 unspecified atom stereocenters. The van der Waals surface area contributed by atoms with Gasteiger partial charge in [-0.2, -0.15) is 4.31 Å². The number of aromatic nitrogens is 1. The highest BCUT2D eigenvalue weighted by molar-refractivity contribution is 7.89. The van der Waals surface area contributed by atoms with Gasteiger partial charge >= 0.3 is 0 Å². The molecule has 1 aliphatic rings. The number of para-hydroxylation sites is 1. The molecular weight excluding hydrogens is 468 g/mol. The van der Waals surface area contributed by atoms with Gasteiger partial charge in [0.2, 0.25) is 10.0 Å². The Morgan fingerprint density at radius 3 is 2.47 bits per heavy atom. The van der Waals surface area contributed by atoms with E-state index in [0.717, 1.165) is 23.4 Å². The van der Waals surface area contributed by atoms with Crippen molar-refractivity contribution in [3.05, 3.63) is 101 Å². The third kappa shape index (κ3) is 4.36. The molecule has 2 heterocycles. The minimum Gasteiger partial charge on any atom is -0.497 e. The Balaban J connectivity index is 1.49. The summed E-state index contributed by atoms with van der Waals surface area (Å²) in [5, 5.41) is 1.20. The number of methoxy groups -OCH3 is 1. The van der Waals surface area contributed by atoms with Gasteiger partial charge in [0.1, 0.15) is 5.75 Å². The Hall–Kier alpha value is -3.35. The largest absolute Gasteiger partial charge is 0.497 e. The van der Waals surface area contributed by atoms with E-state index in [2.05, 4.69) is 54.0 Å². The second-order valence-electron chi connectivity index (χ2n) is 9.53. The van der Waals surface area contributed by atoms with Crippen LogP contribution in [0.25, 0.3) is 16.5 Å². The van der Waals surface area contributed by atoms with Gasteiger partial charge < -0.3 is 9.30 Å². The van der Waals surface area contributed by atoms with Gasteiger partial charge in [0.15, 0.2) is 0 Å². The lowest BCUT2D eigenvalue weighted by molar-refractivity contribution is 0.414. The smallest absolute Gasteiger partial charge is 0.243 e. The molecule has 0 N–H and O–H groups in total. The zero-order valence-corrected chi connectivity index (χ0v) is 22.1. The van der Waals surface area contributed by atoms with Crippen molar-refractivity contribution in [3.63, 3.8) is 0 Å². The monoisotopic (exact) mass is 500 g/mol. The van der Waals surface area contributed by atoms with Crippen LogP contribution in [0.4, 0.5) is 0 Å². The molecule has 0 saturated heterocycles. The van der Waals surface area contributed by atoms with E-state index in [-0.39, 0.29) is 0 Å². The zero-order chi connectivity index (χ0) is 25.4. The van der Waals surface area contributed by atoms with Gasteiger partial charge in [-0.3, -0.25) is 0 Å².